The van der Waals surface area contributed by atoms with Gasteiger partial charge in [-0.25, -0.2) is 0 Å². The van der Waals surface area contributed by atoms with Gasteiger partial charge in [-0.05, 0) is 50.5 Å². The lowest BCUT2D eigenvalue weighted by Gasteiger charge is -2.14. The van der Waals surface area contributed by atoms with Gasteiger partial charge in [-0.2, -0.15) is 0 Å². The van der Waals surface area contributed by atoms with Crippen molar-refractivity contribution < 1.29 is 9.53 Å². The molecule has 4 heteroatoms. The van der Waals surface area contributed by atoms with E-state index < -0.39 is 0 Å². The number of ether oxygens (including phenoxy) is 1. The van der Waals surface area contributed by atoms with E-state index in [4.69, 9.17) is 4.74 Å². The highest BCUT2D eigenvalue weighted by Gasteiger charge is 2.10. The number of nitrogens with one attached hydrogen (secondary N) is 2. The number of anilines is 1. The molecule has 0 radical (unpaired) electrons. The molecule has 2 N–H and O–H groups in total. The zero-order valence-electron chi connectivity index (χ0n) is 13.0. The van der Waals surface area contributed by atoms with Crippen molar-refractivity contribution in [2.75, 3.05) is 25.6 Å². The van der Waals surface area contributed by atoms with Crippen LogP contribution in [0.5, 0.6) is 0 Å². The Morgan fingerprint density at radius 3 is 2.75 bits per heavy atom. The van der Waals surface area contributed by atoms with Gasteiger partial charge in [-0.15, -0.1) is 0 Å². The van der Waals surface area contributed by atoms with Gasteiger partial charge in [0.05, 0.1) is 0 Å². The van der Waals surface area contributed by atoms with Crippen molar-refractivity contribution in [1.29, 1.82) is 0 Å². The fraction of sp³-hybridized carbons (Fsp3) is 0.562. The van der Waals surface area contributed by atoms with Crippen molar-refractivity contribution in [2.45, 2.75) is 39.7 Å². The van der Waals surface area contributed by atoms with Crippen molar-refractivity contribution in [3.8, 4) is 0 Å². The Morgan fingerprint density at radius 1 is 1.40 bits per heavy atom. The second-order valence-electron chi connectivity index (χ2n) is 5.11. The molecule has 0 aliphatic heterocycles. The minimum atomic E-state index is -0.0289. The Balaban J connectivity index is 2.62. The molecule has 1 rings (SSSR count). The van der Waals surface area contributed by atoms with Crippen LogP contribution in [0.1, 0.15) is 42.6 Å². The van der Waals surface area contributed by atoms with Gasteiger partial charge in [0.15, 0.2) is 0 Å². The molecule has 4 nitrogen and oxygen atoms in total. The fourth-order valence-electron chi connectivity index (χ4n) is 1.94. The molecule has 0 saturated carbocycles. The van der Waals surface area contributed by atoms with Gasteiger partial charge in [0, 0.05) is 37.6 Å². The number of methoxy groups -OCH3 is 1. The predicted molar refractivity (Wildman–Crippen MR) is 83.4 cm³/mol. The van der Waals surface area contributed by atoms with E-state index in [9.17, 15) is 4.79 Å². The Hall–Kier alpha value is -1.55. The summed E-state index contributed by atoms with van der Waals surface area (Å²) in [4.78, 5) is 12.1. The van der Waals surface area contributed by atoms with E-state index in [0.29, 0.717) is 12.2 Å². The predicted octanol–water partition coefficient (Wildman–Crippen LogP) is 2.97. The second-order valence-corrected chi connectivity index (χ2v) is 5.11. The quantitative estimate of drug-likeness (QED) is 0.768. The summed E-state index contributed by atoms with van der Waals surface area (Å²) in [5.74, 6) is -0.0289. The summed E-state index contributed by atoms with van der Waals surface area (Å²) < 4.78 is 5.01. The van der Waals surface area contributed by atoms with E-state index in [1.807, 2.05) is 32.0 Å². The van der Waals surface area contributed by atoms with Crippen LogP contribution in [0.25, 0.3) is 0 Å². The third kappa shape index (κ3) is 5.21. The number of carbonyl (C=O) groups is 1. The maximum Gasteiger partial charge on any atom is 0.251 e. The first kappa shape index (κ1) is 16.5. The maximum absolute atomic E-state index is 12.1. The Kier molecular flexibility index (Phi) is 7.09. The second kappa shape index (κ2) is 8.59. The van der Waals surface area contributed by atoms with Crippen molar-refractivity contribution in [3.63, 3.8) is 0 Å². The van der Waals surface area contributed by atoms with Crippen LogP contribution in [-0.2, 0) is 4.74 Å². The number of benzene rings is 1. The number of carbonyl (C=O) groups excluding carboxylic acids is 1. The Morgan fingerprint density at radius 2 is 2.15 bits per heavy atom. The van der Waals surface area contributed by atoms with Crippen LogP contribution < -0.4 is 10.6 Å². The minimum absolute atomic E-state index is 0.0289. The zero-order valence-corrected chi connectivity index (χ0v) is 13.0. The van der Waals surface area contributed by atoms with Crippen LogP contribution in [0.4, 0.5) is 5.69 Å². The lowest BCUT2D eigenvalue weighted by atomic mass is 10.1. The summed E-state index contributed by atoms with van der Waals surface area (Å²) >= 11 is 0. The largest absolute Gasteiger partial charge is 0.385 e. The highest BCUT2D eigenvalue weighted by Crippen LogP contribution is 2.16. The van der Waals surface area contributed by atoms with Crippen LogP contribution in [0.3, 0.4) is 0 Å². The van der Waals surface area contributed by atoms with E-state index >= 15 is 0 Å². The Labute approximate surface area is 121 Å². The minimum Gasteiger partial charge on any atom is -0.385 e. The smallest absolute Gasteiger partial charge is 0.251 e. The number of aryl methyl sites for hydroxylation is 1. The SMILES string of the molecule is CCCNc1ccc(C(=O)NC(C)CCOC)cc1C. The molecule has 0 spiro atoms. The van der Waals surface area contributed by atoms with Gasteiger partial charge in [-0.3, -0.25) is 4.79 Å². The maximum atomic E-state index is 12.1. The number of hydrogen-bond donors (Lipinski definition) is 2. The fourth-order valence-corrected chi connectivity index (χ4v) is 1.94. The Bertz CT molecular complexity index is 432. The number of amides is 1. The molecule has 0 saturated heterocycles. The van der Waals surface area contributed by atoms with Crippen molar-refractivity contribution in [3.05, 3.63) is 29.3 Å². The molecule has 0 aliphatic rings. The number of hydrogen-bond acceptors (Lipinski definition) is 3. The summed E-state index contributed by atoms with van der Waals surface area (Å²) in [7, 11) is 1.67. The first-order valence-corrected chi connectivity index (χ1v) is 7.22. The van der Waals surface area contributed by atoms with E-state index in [1.165, 1.54) is 0 Å². The van der Waals surface area contributed by atoms with Crippen LogP contribution in [0.15, 0.2) is 18.2 Å². The van der Waals surface area contributed by atoms with E-state index in [2.05, 4.69) is 17.6 Å². The van der Waals surface area contributed by atoms with E-state index in [0.717, 1.165) is 30.6 Å². The van der Waals surface area contributed by atoms with Gasteiger partial charge in [0.25, 0.3) is 5.91 Å². The third-order valence-electron chi connectivity index (χ3n) is 3.19. The van der Waals surface area contributed by atoms with Crippen LogP contribution in [0.2, 0.25) is 0 Å². The topological polar surface area (TPSA) is 50.4 Å². The van der Waals surface area contributed by atoms with Crippen molar-refractivity contribution in [1.82, 2.24) is 5.32 Å². The molecule has 0 heterocycles. The standard InChI is InChI=1S/C16H26N2O2/c1-5-9-17-15-7-6-14(11-12(15)2)16(19)18-13(3)8-10-20-4/h6-7,11,13,17H,5,8-10H2,1-4H3,(H,18,19). The molecule has 0 aromatic heterocycles. The lowest BCUT2D eigenvalue weighted by Crippen LogP contribution is -2.33. The van der Waals surface area contributed by atoms with Crippen LogP contribution in [-0.4, -0.2) is 32.2 Å². The summed E-state index contributed by atoms with van der Waals surface area (Å²) in [6.45, 7) is 7.73. The molecule has 1 aromatic rings. The molecule has 1 aromatic carbocycles. The highest BCUT2D eigenvalue weighted by molar-refractivity contribution is 5.95. The molecule has 20 heavy (non-hydrogen) atoms. The average Bonchev–Trinajstić information content (AvgIpc) is 2.43. The monoisotopic (exact) mass is 278 g/mol. The van der Waals surface area contributed by atoms with Crippen molar-refractivity contribution >= 4 is 11.6 Å². The third-order valence-corrected chi connectivity index (χ3v) is 3.19. The van der Waals surface area contributed by atoms with E-state index in [-0.39, 0.29) is 11.9 Å². The lowest BCUT2D eigenvalue weighted by molar-refractivity contribution is 0.0929. The van der Waals surface area contributed by atoms with Gasteiger partial charge in [-0.1, -0.05) is 6.92 Å². The molecule has 1 atom stereocenters. The van der Waals surface area contributed by atoms with Crippen LogP contribution in [0, 0.1) is 6.92 Å². The molecule has 1 unspecified atom stereocenters. The van der Waals surface area contributed by atoms with Gasteiger partial charge in [0.1, 0.15) is 0 Å². The molecule has 112 valence electrons. The van der Waals surface area contributed by atoms with Gasteiger partial charge in [0.2, 0.25) is 0 Å². The summed E-state index contributed by atoms with van der Waals surface area (Å²) in [6, 6.07) is 5.88. The first-order valence-electron chi connectivity index (χ1n) is 7.22. The average molecular weight is 278 g/mol. The molecule has 1 amide bonds. The zero-order chi connectivity index (χ0) is 15.0. The molecule has 0 fully saturated rings. The molecular formula is C16H26N2O2. The summed E-state index contributed by atoms with van der Waals surface area (Å²) in [6.07, 6.45) is 1.90. The molecule has 0 aliphatic carbocycles. The van der Waals surface area contributed by atoms with Gasteiger partial charge < -0.3 is 15.4 Å². The first-order chi connectivity index (χ1) is 9.58. The number of rotatable bonds is 8. The highest BCUT2D eigenvalue weighted by atomic mass is 16.5. The summed E-state index contributed by atoms with van der Waals surface area (Å²) in [5, 5.41) is 6.33. The molecule has 0 bridgehead atoms. The normalized spacial score (nSPS) is 12.0. The molecular weight excluding hydrogens is 252 g/mol. The van der Waals surface area contributed by atoms with E-state index in [1.54, 1.807) is 7.11 Å². The van der Waals surface area contributed by atoms with Crippen LogP contribution >= 0.6 is 0 Å². The summed E-state index contributed by atoms with van der Waals surface area (Å²) in [5.41, 5.74) is 2.89. The van der Waals surface area contributed by atoms with Crippen molar-refractivity contribution in [2.24, 2.45) is 0 Å². The van der Waals surface area contributed by atoms with Gasteiger partial charge >= 0.3 is 0 Å².